The van der Waals surface area contributed by atoms with Crippen LogP contribution in [0.5, 0.6) is 0 Å². The van der Waals surface area contributed by atoms with Crippen molar-refractivity contribution in [1.29, 1.82) is 0 Å². The number of anilines is 1. The Kier molecular flexibility index (Phi) is 2.73. The van der Waals surface area contributed by atoms with E-state index in [2.05, 4.69) is 20.4 Å². The van der Waals surface area contributed by atoms with Crippen LogP contribution < -0.4 is 10.9 Å². The number of aromatic nitrogens is 4. The molecule has 0 saturated heterocycles. The van der Waals surface area contributed by atoms with Crippen molar-refractivity contribution in [2.24, 2.45) is 0 Å². The van der Waals surface area contributed by atoms with Crippen LogP contribution in [-0.4, -0.2) is 19.6 Å². The van der Waals surface area contributed by atoms with Gasteiger partial charge in [0.1, 0.15) is 5.82 Å². The van der Waals surface area contributed by atoms with Crippen molar-refractivity contribution >= 4 is 11.5 Å². The molecule has 6 heteroatoms. The molecule has 0 amide bonds. The van der Waals surface area contributed by atoms with Crippen molar-refractivity contribution in [3.63, 3.8) is 0 Å². The number of aromatic amines is 1. The third-order valence-corrected chi connectivity index (χ3v) is 3.79. The van der Waals surface area contributed by atoms with Crippen molar-refractivity contribution in [2.45, 2.75) is 25.8 Å². The Bertz CT molecular complexity index is 850. The van der Waals surface area contributed by atoms with Crippen molar-refractivity contribution in [2.75, 3.05) is 5.32 Å². The van der Waals surface area contributed by atoms with Gasteiger partial charge in [-0.3, -0.25) is 9.89 Å². The summed E-state index contributed by atoms with van der Waals surface area (Å²) in [7, 11) is 0. The molecule has 2 aromatic heterocycles. The van der Waals surface area contributed by atoms with Crippen molar-refractivity contribution < 1.29 is 0 Å². The summed E-state index contributed by atoms with van der Waals surface area (Å²) in [5.74, 6) is 1.16. The van der Waals surface area contributed by atoms with Gasteiger partial charge in [-0.25, -0.2) is 4.98 Å². The van der Waals surface area contributed by atoms with E-state index in [1.165, 1.54) is 4.52 Å². The van der Waals surface area contributed by atoms with Gasteiger partial charge in [-0.2, -0.15) is 9.50 Å². The van der Waals surface area contributed by atoms with Crippen LogP contribution in [0.3, 0.4) is 0 Å². The smallest absolute Gasteiger partial charge is 0.277 e. The normalized spacial score (nSPS) is 13.5. The van der Waals surface area contributed by atoms with Gasteiger partial charge in [-0.1, -0.05) is 18.2 Å². The molecule has 2 N–H and O–H groups in total. The predicted octanol–water partition coefficient (Wildman–Crippen LogP) is 1.52. The van der Waals surface area contributed by atoms with Crippen LogP contribution in [0.4, 0.5) is 5.69 Å². The Balaban J connectivity index is 1.65. The van der Waals surface area contributed by atoms with Crippen LogP contribution in [0.2, 0.25) is 0 Å². The number of rotatable bonds is 3. The molecule has 0 spiro atoms. The van der Waals surface area contributed by atoms with E-state index in [4.69, 9.17) is 0 Å². The largest absolute Gasteiger partial charge is 0.378 e. The molecule has 6 nitrogen and oxygen atoms in total. The molecular formula is C15H15N5O. The number of hydrogen-bond acceptors (Lipinski definition) is 4. The second-order valence-electron chi connectivity index (χ2n) is 5.22. The lowest BCUT2D eigenvalue weighted by atomic mass is 10.3. The van der Waals surface area contributed by atoms with Gasteiger partial charge in [0.15, 0.2) is 0 Å². The first-order valence-electron chi connectivity index (χ1n) is 7.09. The summed E-state index contributed by atoms with van der Waals surface area (Å²) in [6.45, 7) is 0.525. The van der Waals surface area contributed by atoms with Crippen LogP contribution in [0.15, 0.2) is 35.1 Å². The number of nitrogens with zero attached hydrogens (tertiary/aromatic N) is 3. The highest BCUT2D eigenvalue weighted by molar-refractivity contribution is 5.42. The van der Waals surface area contributed by atoms with Gasteiger partial charge in [0.2, 0.25) is 0 Å². The Morgan fingerprint density at radius 2 is 2.05 bits per heavy atom. The van der Waals surface area contributed by atoms with Gasteiger partial charge >= 0.3 is 0 Å². The topological polar surface area (TPSA) is 75.1 Å². The van der Waals surface area contributed by atoms with Gasteiger partial charge in [0.25, 0.3) is 11.3 Å². The van der Waals surface area contributed by atoms with Gasteiger partial charge in [-0.15, -0.1) is 0 Å². The lowest BCUT2D eigenvalue weighted by molar-refractivity contribution is 0.839. The molecular weight excluding hydrogens is 266 g/mol. The molecule has 4 rings (SSSR count). The maximum Gasteiger partial charge on any atom is 0.277 e. The van der Waals surface area contributed by atoms with E-state index in [0.29, 0.717) is 18.1 Å². The average molecular weight is 281 g/mol. The second-order valence-corrected chi connectivity index (χ2v) is 5.22. The first-order valence-corrected chi connectivity index (χ1v) is 7.09. The van der Waals surface area contributed by atoms with Gasteiger partial charge in [0.05, 0.1) is 12.2 Å². The van der Waals surface area contributed by atoms with Crippen LogP contribution in [-0.2, 0) is 19.4 Å². The lowest BCUT2D eigenvalue weighted by Crippen LogP contribution is -2.20. The Hall–Kier alpha value is -2.63. The summed E-state index contributed by atoms with van der Waals surface area (Å²) in [5.41, 5.74) is 2.75. The number of H-pyrrole nitrogens is 1. The van der Waals surface area contributed by atoms with E-state index in [1.807, 2.05) is 30.3 Å². The van der Waals surface area contributed by atoms with Crippen LogP contribution in [0, 0.1) is 0 Å². The maximum atomic E-state index is 12.3. The lowest BCUT2D eigenvalue weighted by Gasteiger charge is -2.02. The van der Waals surface area contributed by atoms with E-state index >= 15 is 0 Å². The first kappa shape index (κ1) is 12.1. The molecule has 0 atom stereocenters. The van der Waals surface area contributed by atoms with Crippen LogP contribution in [0.1, 0.15) is 23.5 Å². The zero-order chi connectivity index (χ0) is 14.2. The standard InChI is InChI=1S/C15H15N5O/c21-14-11-7-4-8-12(11)17-15-18-13(19-20(14)15)9-16-10-5-2-1-3-6-10/h1-3,5-6,16H,4,7-9H2,(H,17,18,19). The van der Waals surface area contributed by atoms with Crippen molar-refractivity contribution in [3.05, 3.63) is 57.8 Å². The fraction of sp³-hybridized carbons (Fsp3) is 0.267. The first-order chi connectivity index (χ1) is 10.3. The molecule has 1 aliphatic rings. The zero-order valence-corrected chi connectivity index (χ0v) is 11.5. The number of fused-ring (bicyclic) bond motifs is 2. The number of hydrogen-bond donors (Lipinski definition) is 2. The molecule has 0 bridgehead atoms. The van der Waals surface area contributed by atoms with Crippen molar-refractivity contribution in [3.8, 4) is 0 Å². The Morgan fingerprint density at radius 1 is 1.19 bits per heavy atom. The fourth-order valence-electron chi connectivity index (χ4n) is 2.75. The predicted molar refractivity (Wildman–Crippen MR) is 79.4 cm³/mol. The Morgan fingerprint density at radius 3 is 2.90 bits per heavy atom. The minimum atomic E-state index is -0.00837. The summed E-state index contributed by atoms with van der Waals surface area (Å²) in [6, 6.07) is 9.88. The fourth-order valence-corrected chi connectivity index (χ4v) is 2.75. The summed E-state index contributed by atoms with van der Waals surface area (Å²) in [5, 5.41) is 6.29. The maximum absolute atomic E-state index is 12.3. The molecule has 0 aliphatic heterocycles. The van der Waals surface area contributed by atoms with Gasteiger partial charge in [-0.05, 0) is 31.4 Å². The van der Waals surface area contributed by atoms with E-state index in [1.54, 1.807) is 0 Å². The van der Waals surface area contributed by atoms with Crippen molar-refractivity contribution in [1.82, 2.24) is 19.6 Å². The van der Waals surface area contributed by atoms with Gasteiger partial charge in [0, 0.05) is 11.3 Å². The quantitative estimate of drug-likeness (QED) is 0.763. The van der Waals surface area contributed by atoms with E-state index in [-0.39, 0.29) is 5.56 Å². The molecule has 106 valence electrons. The summed E-state index contributed by atoms with van der Waals surface area (Å²) in [6.07, 6.45) is 2.71. The number of nitrogens with one attached hydrogen (secondary N) is 2. The third kappa shape index (κ3) is 2.08. The third-order valence-electron chi connectivity index (χ3n) is 3.79. The second kappa shape index (κ2) is 4.73. The summed E-state index contributed by atoms with van der Waals surface area (Å²) in [4.78, 5) is 21.2. The number of para-hydroxylation sites is 1. The minimum Gasteiger partial charge on any atom is -0.378 e. The molecule has 3 aromatic rings. The molecule has 1 aliphatic carbocycles. The monoisotopic (exact) mass is 281 g/mol. The summed E-state index contributed by atoms with van der Waals surface area (Å²) >= 11 is 0. The Labute approximate surface area is 120 Å². The molecule has 2 heterocycles. The zero-order valence-electron chi connectivity index (χ0n) is 11.5. The van der Waals surface area contributed by atoms with Crippen LogP contribution in [0.25, 0.3) is 5.78 Å². The van der Waals surface area contributed by atoms with Gasteiger partial charge < -0.3 is 5.32 Å². The highest BCUT2D eigenvalue weighted by Gasteiger charge is 2.19. The van der Waals surface area contributed by atoms with Crippen LogP contribution >= 0.6 is 0 Å². The molecule has 0 unspecified atom stereocenters. The molecule has 0 fully saturated rings. The van der Waals surface area contributed by atoms with E-state index < -0.39 is 0 Å². The highest BCUT2D eigenvalue weighted by Crippen LogP contribution is 2.16. The number of aryl methyl sites for hydroxylation is 1. The minimum absolute atomic E-state index is 0.00837. The summed E-state index contributed by atoms with van der Waals surface area (Å²) < 4.78 is 1.45. The van der Waals surface area contributed by atoms with E-state index in [0.717, 1.165) is 36.2 Å². The molecule has 0 saturated carbocycles. The van der Waals surface area contributed by atoms with E-state index in [9.17, 15) is 4.79 Å². The SMILES string of the molecule is O=c1c2c(nc3nc(CNc4ccccc4)[nH]n13)CCC2. The molecule has 0 radical (unpaired) electrons. The molecule has 21 heavy (non-hydrogen) atoms. The number of benzene rings is 1. The highest BCUT2D eigenvalue weighted by atomic mass is 16.1. The molecule has 1 aromatic carbocycles. The average Bonchev–Trinajstić information content (AvgIpc) is 3.13.